The van der Waals surface area contributed by atoms with Crippen LogP contribution in [0.15, 0.2) is 30.3 Å². The summed E-state index contributed by atoms with van der Waals surface area (Å²) in [5.74, 6) is 1.21. The van der Waals surface area contributed by atoms with Gasteiger partial charge in [-0.2, -0.15) is 0 Å². The number of nitrogens with two attached hydrogens (primary N) is 1. The third kappa shape index (κ3) is 4.89. The van der Waals surface area contributed by atoms with E-state index in [1.165, 1.54) is 37.8 Å². The zero-order valence-corrected chi connectivity index (χ0v) is 12.8. The van der Waals surface area contributed by atoms with Crippen molar-refractivity contribution in [1.29, 1.82) is 0 Å². The molecule has 0 aliphatic heterocycles. The van der Waals surface area contributed by atoms with Crippen molar-refractivity contribution in [3.63, 3.8) is 0 Å². The highest BCUT2D eigenvalue weighted by Gasteiger charge is 2.23. The average Bonchev–Trinajstić information content (AvgIpc) is 2.39. The molecule has 0 amide bonds. The van der Waals surface area contributed by atoms with Gasteiger partial charge in [-0.1, -0.05) is 46.3 Å². The Morgan fingerprint density at radius 3 is 2.42 bits per heavy atom. The largest absolute Gasteiger partial charge is 0.341 e. The summed E-state index contributed by atoms with van der Waals surface area (Å²) in [4.78, 5) is 2.28. The Morgan fingerprint density at radius 1 is 1.32 bits per heavy atom. The molecular weight excluding hydrogens is 232 g/mol. The molecule has 0 aromatic carbocycles. The second-order valence-corrected chi connectivity index (χ2v) is 6.00. The van der Waals surface area contributed by atoms with Crippen molar-refractivity contribution in [3.05, 3.63) is 30.3 Å². The molecule has 0 aromatic rings. The van der Waals surface area contributed by atoms with E-state index < -0.39 is 0 Å². The smallest absolute Gasteiger partial charge is 0.0631 e. The normalized spacial score (nSPS) is 16.2. The van der Waals surface area contributed by atoms with E-state index in [1.807, 2.05) is 0 Å². The van der Waals surface area contributed by atoms with Crippen LogP contribution in [0.1, 0.15) is 52.4 Å². The Bertz CT molecular complexity index is 331. The van der Waals surface area contributed by atoms with Crippen molar-refractivity contribution in [3.8, 4) is 0 Å². The van der Waals surface area contributed by atoms with Gasteiger partial charge in [-0.05, 0) is 25.2 Å². The highest BCUT2D eigenvalue weighted by atomic mass is 15.2. The monoisotopic (exact) mass is 262 g/mol. The third-order valence-electron chi connectivity index (χ3n) is 3.84. The fourth-order valence-electron chi connectivity index (χ4n) is 3.00. The summed E-state index contributed by atoms with van der Waals surface area (Å²) in [7, 11) is 0. The zero-order chi connectivity index (χ0) is 14.3. The molecule has 0 heterocycles. The van der Waals surface area contributed by atoms with E-state index in [-0.39, 0.29) is 0 Å². The molecule has 108 valence electrons. The second-order valence-electron chi connectivity index (χ2n) is 6.00. The van der Waals surface area contributed by atoms with Crippen LogP contribution in [0, 0.1) is 11.8 Å². The molecular formula is C17H30N2. The molecule has 0 atom stereocenters. The Labute approximate surface area is 119 Å². The fourth-order valence-corrected chi connectivity index (χ4v) is 3.00. The highest BCUT2D eigenvalue weighted by Crippen LogP contribution is 2.33. The lowest BCUT2D eigenvalue weighted by Gasteiger charge is -2.34. The maximum absolute atomic E-state index is 5.78. The molecule has 1 rings (SSSR count). The molecule has 2 nitrogen and oxygen atoms in total. The van der Waals surface area contributed by atoms with Crippen LogP contribution in [-0.4, -0.2) is 18.0 Å². The lowest BCUT2D eigenvalue weighted by molar-refractivity contribution is 0.302. The van der Waals surface area contributed by atoms with Crippen LogP contribution in [0.4, 0.5) is 0 Å². The first-order chi connectivity index (χ1) is 9.10. The molecule has 0 aromatic heterocycles. The van der Waals surface area contributed by atoms with Gasteiger partial charge in [0.1, 0.15) is 0 Å². The van der Waals surface area contributed by atoms with Crippen LogP contribution < -0.4 is 5.73 Å². The van der Waals surface area contributed by atoms with Crippen LogP contribution in [0.3, 0.4) is 0 Å². The van der Waals surface area contributed by atoms with Crippen LogP contribution in [0.5, 0.6) is 0 Å². The van der Waals surface area contributed by atoms with Crippen molar-refractivity contribution >= 4 is 0 Å². The van der Waals surface area contributed by atoms with E-state index in [1.54, 1.807) is 0 Å². The van der Waals surface area contributed by atoms with Crippen molar-refractivity contribution in [2.75, 3.05) is 13.1 Å². The maximum Gasteiger partial charge on any atom is 0.0631 e. The van der Waals surface area contributed by atoms with Gasteiger partial charge < -0.3 is 10.6 Å². The standard InChI is InChI=1S/C17H30N2/c1-5-17(16-9-7-6-8-10-16)19(12-11-18)15(4)13-14(2)3/h14,16H,1,4,6-13,18H2,2-3H3. The Morgan fingerprint density at radius 2 is 1.95 bits per heavy atom. The summed E-state index contributed by atoms with van der Waals surface area (Å²) < 4.78 is 0. The molecule has 0 saturated heterocycles. The van der Waals surface area contributed by atoms with Gasteiger partial charge in [0.15, 0.2) is 0 Å². The van der Waals surface area contributed by atoms with Gasteiger partial charge in [0.25, 0.3) is 0 Å². The summed E-state index contributed by atoms with van der Waals surface area (Å²) >= 11 is 0. The second kappa shape index (κ2) is 8.24. The lowest BCUT2D eigenvalue weighted by Crippen LogP contribution is -2.32. The summed E-state index contributed by atoms with van der Waals surface area (Å²) in [5.41, 5.74) is 11.4. The first kappa shape index (κ1) is 16.1. The van der Waals surface area contributed by atoms with Crippen LogP contribution in [0.2, 0.25) is 0 Å². The van der Waals surface area contributed by atoms with Crippen molar-refractivity contribution in [2.45, 2.75) is 52.4 Å². The predicted molar refractivity (Wildman–Crippen MR) is 83.6 cm³/mol. The first-order valence-corrected chi connectivity index (χ1v) is 7.65. The van der Waals surface area contributed by atoms with E-state index in [4.69, 9.17) is 5.73 Å². The number of nitrogens with zero attached hydrogens (tertiary/aromatic N) is 1. The van der Waals surface area contributed by atoms with Crippen molar-refractivity contribution in [1.82, 2.24) is 4.90 Å². The number of hydrogen-bond acceptors (Lipinski definition) is 2. The minimum absolute atomic E-state index is 0.599. The molecule has 0 unspecified atom stereocenters. The summed E-state index contributed by atoms with van der Waals surface area (Å²) in [6.07, 6.45) is 7.54. The maximum atomic E-state index is 5.78. The molecule has 1 fully saturated rings. The SMILES string of the molecule is C=C=C(C1CCCCC1)N(CCN)C(=C)CC(C)C. The van der Waals surface area contributed by atoms with Gasteiger partial charge in [-0.25, -0.2) is 0 Å². The molecule has 1 aliphatic carbocycles. The summed E-state index contributed by atoms with van der Waals surface area (Å²) in [6, 6.07) is 0. The number of hydrogen-bond donors (Lipinski definition) is 1. The van der Waals surface area contributed by atoms with Crippen molar-refractivity contribution in [2.24, 2.45) is 17.6 Å². The van der Waals surface area contributed by atoms with E-state index >= 15 is 0 Å². The quantitative estimate of drug-likeness (QED) is 0.701. The van der Waals surface area contributed by atoms with Crippen molar-refractivity contribution < 1.29 is 0 Å². The molecule has 2 N–H and O–H groups in total. The molecule has 1 aliphatic rings. The van der Waals surface area contributed by atoms with Crippen LogP contribution >= 0.6 is 0 Å². The first-order valence-electron chi connectivity index (χ1n) is 7.65. The predicted octanol–water partition coefficient (Wildman–Crippen LogP) is 4.06. The Hall–Kier alpha value is -0.980. The Kier molecular flexibility index (Phi) is 6.97. The van der Waals surface area contributed by atoms with E-state index in [9.17, 15) is 0 Å². The molecule has 1 saturated carbocycles. The summed E-state index contributed by atoms with van der Waals surface area (Å²) in [6.45, 7) is 14.1. The molecule has 0 bridgehead atoms. The molecule has 19 heavy (non-hydrogen) atoms. The topological polar surface area (TPSA) is 29.3 Å². The highest BCUT2D eigenvalue weighted by molar-refractivity contribution is 5.13. The Balaban J connectivity index is 2.81. The lowest BCUT2D eigenvalue weighted by atomic mass is 9.86. The third-order valence-corrected chi connectivity index (χ3v) is 3.84. The van der Waals surface area contributed by atoms with Gasteiger partial charge in [0, 0.05) is 24.7 Å². The van der Waals surface area contributed by atoms with Crippen LogP contribution in [0.25, 0.3) is 0 Å². The van der Waals surface area contributed by atoms with E-state index in [0.717, 1.165) is 18.7 Å². The van der Waals surface area contributed by atoms with Gasteiger partial charge in [-0.3, -0.25) is 0 Å². The minimum Gasteiger partial charge on any atom is -0.341 e. The zero-order valence-electron chi connectivity index (χ0n) is 12.8. The van der Waals surface area contributed by atoms with E-state index in [0.29, 0.717) is 18.4 Å². The summed E-state index contributed by atoms with van der Waals surface area (Å²) in [5, 5.41) is 0. The fraction of sp³-hybridized carbons (Fsp3) is 0.706. The van der Waals surface area contributed by atoms with Crippen LogP contribution in [-0.2, 0) is 0 Å². The van der Waals surface area contributed by atoms with E-state index in [2.05, 4.69) is 37.6 Å². The van der Waals surface area contributed by atoms with Gasteiger partial charge in [-0.15, -0.1) is 5.73 Å². The number of allylic oxidation sites excluding steroid dienone is 2. The van der Waals surface area contributed by atoms with Gasteiger partial charge in [0.2, 0.25) is 0 Å². The molecule has 0 radical (unpaired) electrons. The molecule has 2 heteroatoms. The number of rotatable bonds is 7. The minimum atomic E-state index is 0.599. The van der Waals surface area contributed by atoms with Gasteiger partial charge in [0.05, 0.1) is 5.70 Å². The van der Waals surface area contributed by atoms with Gasteiger partial charge >= 0.3 is 0 Å². The average molecular weight is 262 g/mol. The molecule has 0 spiro atoms.